The van der Waals surface area contributed by atoms with E-state index in [4.69, 9.17) is 4.74 Å². The summed E-state index contributed by atoms with van der Waals surface area (Å²) in [6, 6.07) is 4.14. The fourth-order valence-corrected chi connectivity index (χ4v) is 2.47. The second-order valence-corrected chi connectivity index (χ2v) is 4.43. The molecule has 90 valence electrons. The van der Waals surface area contributed by atoms with Crippen LogP contribution >= 0.6 is 0 Å². The Morgan fingerprint density at radius 1 is 1.41 bits per heavy atom. The van der Waals surface area contributed by atoms with Crippen LogP contribution in [0, 0.1) is 11.7 Å². The second kappa shape index (κ2) is 4.00. The van der Waals surface area contributed by atoms with E-state index in [-0.39, 0.29) is 23.8 Å². The summed E-state index contributed by atoms with van der Waals surface area (Å²) in [5, 5.41) is 5.50. The van der Waals surface area contributed by atoms with Crippen LogP contribution in [0.15, 0.2) is 18.2 Å². The molecular formula is C12H13FN2O2. The summed E-state index contributed by atoms with van der Waals surface area (Å²) >= 11 is 0. The van der Waals surface area contributed by atoms with Crippen molar-refractivity contribution in [2.75, 3.05) is 18.5 Å². The SMILES string of the molecule is O=C1Nc2cc(F)ccc2C(C2CCOC2)N1. The maximum absolute atomic E-state index is 13.1. The predicted molar refractivity (Wildman–Crippen MR) is 60.2 cm³/mol. The van der Waals surface area contributed by atoms with Crippen molar-refractivity contribution in [3.63, 3.8) is 0 Å². The molecule has 0 spiro atoms. The molecule has 0 bridgehead atoms. The zero-order chi connectivity index (χ0) is 11.8. The number of rotatable bonds is 1. The molecule has 1 aromatic carbocycles. The van der Waals surface area contributed by atoms with Crippen LogP contribution in [0.25, 0.3) is 0 Å². The number of ether oxygens (including phenoxy) is 1. The molecule has 2 amide bonds. The highest BCUT2D eigenvalue weighted by Crippen LogP contribution is 2.35. The molecule has 5 heteroatoms. The Bertz CT molecular complexity index is 458. The first-order chi connectivity index (χ1) is 8.24. The molecule has 2 N–H and O–H groups in total. The molecule has 0 aliphatic carbocycles. The maximum atomic E-state index is 13.1. The van der Waals surface area contributed by atoms with E-state index >= 15 is 0 Å². The lowest BCUT2D eigenvalue weighted by Gasteiger charge is -2.30. The largest absolute Gasteiger partial charge is 0.381 e. The van der Waals surface area contributed by atoms with Crippen LogP contribution in [-0.4, -0.2) is 19.2 Å². The first-order valence-electron chi connectivity index (χ1n) is 5.69. The van der Waals surface area contributed by atoms with Crippen LogP contribution in [0.2, 0.25) is 0 Å². The molecule has 0 saturated carbocycles. The molecule has 1 aromatic rings. The molecule has 3 rings (SSSR count). The van der Waals surface area contributed by atoms with Gasteiger partial charge in [-0.3, -0.25) is 0 Å². The van der Waals surface area contributed by atoms with Crippen LogP contribution in [0.4, 0.5) is 14.9 Å². The third kappa shape index (κ3) is 1.86. The average molecular weight is 236 g/mol. The first-order valence-corrected chi connectivity index (χ1v) is 5.69. The van der Waals surface area contributed by atoms with Crippen LogP contribution in [-0.2, 0) is 4.74 Å². The van der Waals surface area contributed by atoms with Crippen LogP contribution in [0.5, 0.6) is 0 Å². The molecule has 0 aromatic heterocycles. The summed E-state index contributed by atoms with van der Waals surface area (Å²) in [6.45, 7) is 1.36. The van der Waals surface area contributed by atoms with Gasteiger partial charge in [-0.15, -0.1) is 0 Å². The molecule has 4 nitrogen and oxygen atoms in total. The van der Waals surface area contributed by atoms with E-state index in [1.807, 2.05) is 0 Å². The number of hydrogen-bond donors (Lipinski definition) is 2. The minimum absolute atomic E-state index is 0.0816. The van der Waals surface area contributed by atoms with Crippen molar-refractivity contribution in [2.45, 2.75) is 12.5 Å². The number of carbonyl (C=O) groups is 1. The van der Waals surface area contributed by atoms with Crippen molar-refractivity contribution in [1.82, 2.24) is 5.32 Å². The fraction of sp³-hybridized carbons (Fsp3) is 0.417. The summed E-state index contributed by atoms with van der Waals surface area (Å²) in [7, 11) is 0. The number of hydrogen-bond acceptors (Lipinski definition) is 2. The number of nitrogens with one attached hydrogen (secondary N) is 2. The van der Waals surface area contributed by atoms with Crippen molar-refractivity contribution in [2.24, 2.45) is 5.92 Å². The zero-order valence-electron chi connectivity index (χ0n) is 9.20. The third-order valence-electron chi connectivity index (χ3n) is 3.32. The topological polar surface area (TPSA) is 50.4 Å². The van der Waals surface area contributed by atoms with Gasteiger partial charge in [0.2, 0.25) is 0 Å². The number of urea groups is 1. The molecule has 2 unspecified atom stereocenters. The lowest BCUT2D eigenvalue weighted by atomic mass is 9.90. The Kier molecular flexibility index (Phi) is 2.48. The number of fused-ring (bicyclic) bond motifs is 1. The van der Waals surface area contributed by atoms with Crippen LogP contribution in [0.1, 0.15) is 18.0 Å². The van der Waals surface area contributed by atoms with Crippen LogP contribution in [0.3, 0.4) is 0 Å². The molecule has 2 heterocycles. The van der Waals surface area contributed by atoms with Gasteiger partial charge < -0.3 is 15.4 Å². The summed E-state index contributed by atoms with van der Waals surface area (Å²) in [6.07, 6.45) is 0.918. The average Bonchev–Trinajstić information content (AvgIpc) is 2.80. The van der Waals surface area contributed by atoms with E-state index in [1.165, 1.54) is 12.1 Å². The molecule has 2 atom stereocenters. The van der Waals surface area contributed by atoms with Gasteiger partial charge in [-0.2, -0.15) is 0 Å². The molecule has 2 aliphatic rings. The van der Waals surface area contributed by atoms with Crippen molar-refractivity contribution in [1.29, 1.82) is 0 Å². The highest BCUT2D eigenvalue weighted by atomic mass is 19.1. The zero-order valence-corrected chi connectivity index (χ0v) is 9.20. The van der Waals surface area contributed by atoms with E-state index in [0.717, 1.165) is 18.6 Å². The Hall–Kier alpha value is -1.62. The van der Waals surface area contributed by atoms with E-state index in [9.17, 15) is 9.18 Å². The monoisotopic (exact) mass is 236 g/mol. The smallest absolute Gasteiger partial charge is 0.319 e. The van der Waals surface area contributed by atoms with E-state index in [2.05, 4.69) is 10.6 Å². The number of anilines is 1. The first kappa shape index (κ1) is 10.5. The van der Waals surface area contributed by atoms with Gasteiger partial charge in [-0.25, -0.2) is 9.18 Å². The van der Waals surface area contributed by atoms with Gasteiger partial charge in [0.25, 0.3) is 0 Å². The molecule has 17 heavy (non-hydrogen) atoms. The predicted octanol–water partition coefficient (Wildman–Crippen LogP) is 2.04. The number of halogens is 1. The summed E-state index contributed by atoms with van der Waals surface area (Å²) < 4.78 is 18.5. The lowest BCUT2D eigenvalue weighted by Crippen LogP contribution is -2.41. The van der Waals surface area contributed by atoms with Gasteiger partial charge >= 0.3 is 6.03 Å². The molecule has 1 fully saturated rings. The van der Waals surface area contributed by atoms with Gasteiger partial charge in [0, 0.05) is 12.5 Å². The van der Waals surface area contributed by atoms with Crippen molar-refractivity contribution < 1.29 is 13.9 Å². The van der Waals surface area contributed by atoms with E-state index in [1.54, 1.807) is 6.07 Å². The maximum Gasteiger partial charge on any atom is 0.319 e. The van der Waals surface area contributed by atoms with Crippen molar-refractivity contribution in [3.05, 3.63) is 29.6 Å². The minimum Gasteiger partial charge on any atom is -0.381 e. The molecule has 1 saturated heterocycles. The number of benzene rings is 1. The third-order valence-corrected chi connectivity index (χ3v) is 3.32. The summed E-state index contributed by atoms with van der Waals surface area (Å²) in [5.74, 6) is -0.0716. The van der Waals surface area contributed by atoms with Gasteiger partial charge in [-0.1, -0.05) is 6.07 Å². The molecule has 0 radical (unpaired) electrons. The second-order valence-electron chi connectivity index (χ2n) is 4.43. The van der Waals surface area contributed by atoms with Gasteiger partial charge in [0.15, 0.2) is 0 Å². The van der Waals surface area contributed by atoms with Crippen molar-refractivity contribution >= 4 is 11.7 Å². The van der Waals surface area contributed by atoms with Crippen LogP contribution < -0.4 is 10.6 Å². The number of carbonyl (C=O) groups excluding carboxylic acids is 1. The summed E-state index contributed by atoms with van der Waals surface area (Å²) in [5.41, 5.74) is 1.49. The Morgan fingerprint density at radius 3 is 3.06 bits per heavy atom. The van der Waals surface area contributed by atoms with Gasteiger partial charge in [0.05, 0.1) is 18.3 Å². The Labute approximate surface area is 98.1 Å². The quantitative estimate of drug-likeness (QED) is 0.784. The van der Waals surface area contributed by atoms with E-state index < -0.39 is 0 Å². The standard InChI is InChI=1S/C12H13FN2O2/c13-8-1-2-9-10(5-8)14-12(16)15-11(9)7-3-4-17-6-7/h1-2,5,7,11H,3-4,6H2,(H2,14,15,16). The van der Waals surface area contributed by atoms with Crippen molar-refractivity contribution in [3.8, 4) is 0 Å². The molecular weight excluding hydrogens is 223 g/mol. The molecule has 2 aliphatic heterocycles. The number of amides is 2. The Morgan fingerprint density at radius 2 is 2.29 bits per heavy atom. The highest BCUT2D eigenvalue weighted by Gasteiger charge is 2.33. The normalized spacial score (nSPS) is 27.2. The Balaban J connectivity index is 1.98. The van der Waals surface area contributed by atoms with E-state index in [0.29, 0.717) is 12.3 Å². The minimum atomic E-state index is -0.340. The highest BCUT2D eigenvalue weighted by molar-refractivity contribution is 5.93. The fourth-order valence-electron chi connectivity index (χ4n) is 2.47. The van der Waals surface area contributed by atoms with Gasteiger partial charge in [-0.05, 0) is 24.1 Å². The summed E-state index contributed by atoms with van der Waals surface area (Å²) in [4.78, 5) is 11.5. The van der Waals surface area contributed by atoms with Gasteiger partial charge in [0.1, 0.15) is 5.82 Å². The lowest BCUT2D eigenvalue weighted by molar-refractivity contribution is 0.176.